The minimum Gasteiger partial charge on any atom is -0.339 e. The highest BCUT2D eigenvalue weighted by molar-refractivity contribution is 4.96. The van der Waals surface area contributed by atoms with E-state index in [1.165, 1.54) is 44.9 Å². The number of hydrogen-bond donors (Lipinski definition) is 1. The van der Waals surface area contributed by atoms with Crippen LogP contribution in [0, 0.1) is 0 Å². The molecule has 0 bridgehead atoms. The molecule has 18 heavy (non-hydrogen) atoms. The van der Waals surface area contributed by atoms with Gasteiger partial charge in [-0.3, -0.25) is 0 Å². The zero-order chi connectivity index (χ0) is 12.8. The summed E-state index contributed by atoms with van der Waals surface area (Å²) in [6, 6.07) is 0.146. The third-order valence-corrected chi connectivity index (χ3v) is 3.91. The molecule has 2 rings (SSSR count). The first-order chi connectivity index (χ1) is 8.79. The summed E-state index contributed by atoms with van der Waals surface area (Å²) in [6.45, 7) is 2.08. The Kier molecular flexibility index (Phi) is 5.17. The Morgan fingerprint density at radius 2 is 1.89 bits per heavy atom. The predicted molar refractivity (Wildman–Crippen MR) is 71.3 cm³/mol. The van der Waals surface area contributed by atoms with Crippen molar-refractivity contribution in [1.29, 1.82) is 0 Å². The van der Waals surface area contributed by atoms with Crippen LogP contribution >= 0.6 is 0 Å². The topological polar surface area (TPSA) is 64.9 Å². The molecule has 1 unspecified atom stereocenters. The first-order valence-corrected chi connectivity index (χ1v) is 7.37. The standard InChI is InChI=1S/C14H25N3O/c1-2-12(15)10-13-16-14(18-17-13)11-8-6-4-3-5-7-9-11/h11-12H,2-10,15H2,1H3. The summed E-state index contributed by atoms with van der Waals surface area (Å²) < 4.78 is 5.43. The van der Waals surface area contributed by atoms with Gasteiger partial charge in [0, 0.05) is 18.4 Å². The number of rotatable bonds is 4. The summed E-state index contributed by atoms with van der Waals surface area (Å²) in [5.74, 6) is 2.10. The van der Waals surface area contributed by atoms with Gasteiger partial charge >= 0.3 is 0 Å². The van der Waals surface area contributed by atoms with Gasteiger partial charge in [-0.15, -0.1) is 0 Å². The molecule has 4 nitrogen and oxygen atoms in total. The van der Waals surface area contributed by atoms with Crippen LogP contribution in [0.25, 0.3) is 0 Å². The lowest BCUT2D eigenvalue weighted by Crippen LogP contribution is -2.22. The van der Waals surface area contributed by atoms with Crippen LogP contribution in [0.5, 0.6) is 0 Å². The van der Waals surface area contributed by atoms with Crippen molar-refractivity contribution < 1.29 is 4.52 Å². The number of hydrogen-bond acceptors (Lipinski definition) is 4. The Morgan fingerprint density at radius 1 is 1.22 bits per heavy atom. The molecule has 1 fully saturated rings. The van der Waals surface area contributed by atoms with Crippen LogP contribution in [0.2, 0.25) is 0 Å². The van der Waals surface area contributed by atoms with E-state index in [4.69, 9.17) is 10.3 Å². The maximum atomic E-state index is 5.92. The van der Waals surface area contributed by atoms with Crippen LogP contribution in [0.15, 0.2) is 4.52 Å². The van der Waals surface area contributed by atoms with Crippen molar-refractivity contribution in [3.63, 3.8) is 0 Å². The fraction of sp³-hybridized carbons (Fsp3) is 0.857. The highest BCUT2D eigenvalue weighted by Crippen LogP contribution is 2.29. The smallest absolute Gasteiger partial charge is 0.229 e. The minimum atomic E-state index is 0.146. The molecule has 1 saturated carbocycles. The van der Waals surface area contributed by atoms with Crippen molar-refractivity contribution in [1.82, 2.24) is 10.1 Å². The van der Waals surface area contributed by atoms with Crippen LogP contribution in [-0.4, -0.2) is 16.2 Å². The molecule has 0 aromatic carbocycles. The second kappa shape index (κ2) is 6.88. The van der Waals surface area contributed by atoms with Gasteiger partial charge < -0.3 is 10.3 Å². The van der Waals surface area contributed by atoms with Crippen LogP contribution < -0.4 is 5.73 Å². The normalized spacial score (nSPS) is 20.3. The van der Waals surface area contributed by atoms with E-state index in [0.717, 1.165) is 24.6 Å². The van der Waals surface area contributed by atoms with Crippen LogP contribution in [0.4, 0.5) is 0 Å². The highest BCUT2D eigenvalue weighted by Gasteiger charge is 2.20. The van der Waals surface area contributed by atoms with Gasteiger partial charge in [-0.1, -0.05) is 44.2 Å². The van der Waals surface area contributed by atoms with E-state index in [1.807, 2.05) is 0 Å². The van der Waals surface area contributed by atoms with Crippen LogP contribution in [0.1, 0.15) is 75.9 Å². The molecule has 0 spiro atoms. The van der Waals surface area contributed by atoms with Crippen molar-refractivity contribution >= 4 is 0 Å². The SMILES string of the molecule is CCC(N)Cc1noc(C2CCCCCCC2)n1. The van der Waals surface area contributed by atoms with Gasteiger partial charge in [0.25, 0.3) is 0 Å². The van der Waals surface area contributed by atoms with E-state index in [9.17, 15) is 0 Å². The lowest BCUT2D eigenvalue weighted by molar-refractivity contribution is 0.320. The Hall–Kier alpha value is -0.900. The summed E-state index contributed by atoms with van der Waals surface area (Å²) in [7, 11) is 0. The molecule has 102 valence electrons. The molecule has 0 radical (unpaired) electrons. The fourth-order valence-corrected chi connectivity index (χ4v) is 2.60. The molecule has 2 N–H and O–H groups in total. The summed E-state index contributed by atoms with van der Waals surface area (Å²) in [5, 5.41) is 4.07. The monoisotopic (exact) mass is 251 g/mol. The largest absolute Gasteiger partial charge is 0.339 e. The van der Waals surface area contributed by atoms with Gasteiger partial charge in [0.05, 0.1) is 0 Å². The van der Waals surface area contributed by atoms with E-state index in [1.54, 1.807) is 0 Å². The third-order valence-electron chi connectivity index (χ3n) is 3.91. The Bertz CT molecular complexity index is 343. The summed E-state index contributed by atoms with van der Waals surface area (Å²) in [5.41, 5.74) is 5.92. The third kappa shape index (κ3) is 3.80. The Labute approximate surface area is 109 Å². The average molecular weight is 251 g/mol. The molecular weight excluding hydrogens is 226 g/mol. The summed E-state index contributed by atoms with van der Waals surface area (Å²) in [4.78, 5) is 4.54. The molecule has 1 atom stereocenters. The molecule has 0 aliphatic heterocycles. The second-order valence-electron chi connectivity index (χ2n) is 5.46. The van der Waals surface area contributed by atoms with E-state index in [0.29, 0.717) is 5.92 Å². The zero-order valence-corrected chi connectivity index (χ0v) is 11.4. The fourth-order valence-electron chi connectivity index (χ4n) is 2.60. The first-order valence-electron chi connectivity index (χ1n) is 7.37. The van der Waals surface area contributed by atoms with Gasteiger partial charge in [0.1, 0.15) is 0 Å². The van der Waals surface area contributed by atoms with E-state index in [2.05, 4.69) is 17.1 Å². The van der Waals surface area contributed by atoms with Crippen molar-refractivity contribution in [3.8, 4) is 0 Å². The van der Waals surface area contributed by atoms with Gasteiger partial charge in [-0.05, 0) is 19.3 Å². The number of nitrogens with two attached hydrogens (primary N) is 1. The maximum Gasteiger partial charge on any atom is 0.229 e. The Morgan fingerprint density at radius 3 is 2.56 bits per heavy atom. The highest BCUT2D eigenvalue weighted by atomic mass is 16.5. The zero-order valence-electron chi connectivity index (χ0n) is 11.4. The molecule has 1 aromatic rings. The lowest BCUT2D eigenvalue weighted by atomic mass is 9.91. The van der Waals surface area contributed by atoms with E-state index in [-0.39, 0.29) is 6.04 Å². The van der Waals surface area contributed by atoms with E-state index < -0.39 is 0 Å². The van der Waals surface area contributed by atoms with Gasteiger partial charge in [-0.2, -0.15) is 4.98 Å². The molecule has 1 aliphatic carbocycles. The van der Waals surface area contributed by atoms with Crippen LogP contribution in [0.3, 0.4) is 0 Å². The minimum absolute atomic E-state index is 0.146. The van der Waals surface area contributed by atoms with Gasteiger partial charge in [-0.25, -0.2) is 0 Å². The van der Waals surface area contributed by atoms with Gasteiger partial charge in [0.2, 0.25) is 5.89 Å². The second-order valence-corrected chi connectivity index (χ2v) is 5.46. The molecule has 1 aromatic heterocycles. The van der Waals surface area contributed by atoms with Crippen molar-refractivity contribution in [3.05, 3.63) is 11.7 Å². The molecule has 0 saturated heterocycles. The Balaban J connectivity index is 1.94. The summed E-state index contributed by atoms with van der Waals surface area (Å²) in [6.07, 6.45) is 10.7. The molecular formula is C14H25N3O. The van der Waals surface area contributed by atoms with Crippen LogP contribution in [-0.2, 0) is 6.42 Å². The number of aromatic nitrogens is 2. The predicted octanol–water partition coefficient (Wildman–Crippen LogP) is 3.18. The summed E-state index contributed by atoms with van der Waals surface area (Å²) >= 11 is 0. The maximum absolute atomic E-state index is 5.92. The van der Waals surface area contributed by atoms with Crippen molar-refractivity contribution in [2.45, 2.75) is 76.7 Å². The molecule has 0 amide bonds. The molecule has 4 heteroatoms. The quantitative estimate of drug-likeness (QED) is 0.892. The average Bonchev–Trinajstić information content (AvgIpc) is 2.77. The molecule has 1 heterocycles. The molecule has 1 aliphatic rings. The first kappa shape index (κ1) is 13.5. The van der Waals surface area contributed by atoms with Crippen molar-refractivity contribution in [2.75, 3.05) is 0 Å². The number of nitrogens with zero attached hydrogens (tertiary/aromatic N) is 2. The van der Waals surface area contributed by atoms with Gasteiger partial charge in [0.15, 0.2) is 5.82 Å². The lowest BCUT2D eigenvalue weighted by Gasteiger charge is -2.15. The van der Waals surface area contributed by atoms with E-state index >= 15 is 0 Å². The van der Waals surface area contributed by atoms with Crippen molar-refractivity contribution in [2.24, 2.45) is 5.73 Å².